The van der Waals surface area contributed by atoms with Crippen LogP contribution in [0.1, 0.15) is 28.8 Å². The number of hydrogen-bond acceptors (Lipinski definition) is 6. The molecular formula is C12H13F3N2O3S. The summed E-state index contributed by atoms with van der Waals surface area (Å²) in [6.07, 6.45) is -3.76. The van der Waals surface area contributed by atoms with Gasteiger partial charge >= 0.3 is 12.1 Å². The molecule has 0 amide bonds. The second kappa shape index (κ2) is 5.13. The topological polar surface area (TPSA) is 51.7 Å². The lowest BCUT2D eigenvalue weighted by Gasteiger charge is -2.27. The molecule has 0 bridgehead atoms. The van der Waals surface area contributed by atoms with Crippen LogP contribution in [0.2, 0.25) is 0 Å². The van der Waals surface area contributed by atoms with Crippen molar-refractivity contribution >= 4 is 22.3 Å². The molecule has 2 atom stereocenters. The molecule has 1 saturated carbocycles. The molecule has 2 fully saturated rings. The monoisotopic (exact) mass is 322 g/mol. The number of nitrogens with zero attached hydrogens (tertiary/aromatic N) is 2. The zero-order valence-electron chi connectivity index (χ0n) is 11.1. The van der Waals surface area contributed by atoms with Gasteiger partial charge in [0.1, 0.15) is 5.00 Å². The summed E-state index contributed by atoms with van der Waals surface area (Å²) in [7, 11) is 0. The van der Waals surface area contributed by atoms with Crippen molar-refractivity contribution in [3.8, 4) is 0 Å². The molecular weight excluding hydrogens is 309 g/mol. The summed E-state index contributed by atoms with van der Waals surface area (Å²) < 4.78 is 48.8. The van der Waals surface area contributed by atoms with Crippen LogP contribution in [0.15, 0.2) is 0 Å². The van der Waals surface area contributed by atoms with E-state index < -0.39 is 17.2 Å². The molecule has 0 spiro atoms. The van der Waals surface area contributed by atoms with Crippen molar-refractivity contribution in [2.24, 2.45) is 0 Å². The van der Waals surface area contributed by atoms with E-state index >= 15 is 0 Å². The molecule has 21 heavy (non-hydrogen) atoms. The Balaban J connectivity index is 1.96. The summed E-state index contributed by atoms with van der Waals surface area (Å²) in [4.78, 5) is 17.1. The van der Waals surface area contributed by atoms with Crippen molar-refractivity contribution in [1.82, 2.24) is 4.98 Å². The fraction of sp³-hybridized carbons (Fsp3) is 0.667. The Kier molecular flexibility index (Phi) is 3.56. The Hall–Kier alpha value is -1.35. The van der Waals surface area contributed by atoms with E-state index in [1.165, 1.54) is 0 Å². The number of hydrogen-bond donors (Lipinski definition) is 0. The lowest BCUT2D eigenvalue weighted by molar-refractivity contribution is -0.137. The average Bonchev–Trinajstić information content (AvgIpc) is 3.06. The van der Waals surface area contributed by atoms with E-state index in [0.29, 0.717) is 24.5 Å². The molecule has 0 aromatic carbocycles. The van der Waals surface area contributed by atoms with Gasteiger partial charge in [-0.1, -0.05) is 11.3 Å². The smallest absolute Gasteiger partial charge is 0.443 e. The Labute approximate surface area is 122 Å². The van der Waals surface area contributed by atoms with Gasteiger partial charge in [0.25, 0.3) is 0 Å². The van der Waals surface area contributed by atoms with Crippen LogP contribution in [-0.2, 0) is 15.7 Å². The first-order valence-corrected chi connectivity index (χ1v) is 7.37. The van der Waals surface area contributed by atoms with Crippen LogP contribution in [0.5, 0.6) is 0 Å². The summed E-state index contributed by atoms with van der Waals surface area (Å²) in [6, 6.07) is 0.0356. The summed E-state index contributed by atoms with van der Waals surface area (Å²) in [5.41, 5.74) is -0.248. The Morgan fingerprint density at radius 1 is 1.57 bits per heavy atom. The van der Waals surface area contributed by atoms with Crippen molar-refractivity contribution in [2.75, 3.05) is 24.7 Å². The third-order valence-electron chi connectivity index (χ3n) is 3.35. The Morgan fingerprint density at radius 2 is 2.33 bits per heavy atom. The van der Waals surface area contributed by atoms with Gasteiger partial charge in [-0.3, -0.25) is 0 Å². The van der Waals surface area contributed by atoms with Gasteiger partial charge in [0.2, 0.25) is 5.01 Å². The average molecular weight is 322 g/mol. The molecule has 1 aliphatic heterocycles. The standard InChI is InChI=1S/C12H13F3N2O3S/c1-2-19-10(18)8-9(21-11(16-8)12(13,14)15)17-3-4-20-7-5-6(7)17/h6-7H,2-5H2,1H3/t6-,7+/m0/s1. The maximum absolute atomic E-state index is 12.9. The van der Waals surface area contributed by atoms with E-state index in [-0.39, 0.29) is 29.4 Å². The van der Waals surface area contributed by atoms with Crippen LogP contribution in [0.4, 0.5) is 18.2 Å². The third kappa shape index (κ3) is 2.71. The van der Waals surface area contributed by atoms with Crippen molar-refractivity contribution in [1.29, 1.82) is 0 Å². The predicted octanol–water partition coefficient (Wildman–Crippen LogP) is 2.32. The molecule has 3 rings (SSSR count). The van der Waals surface area contributed by atoms with Crippen LogP contribution >= 0.6 is 11.3 Å². The van der Waals surface area contributed by atoms with Gasteiger partial charge in [-0.05, 0) is 13.3 Å². The number of rotatable bonds is 3. The van der Waals surface area contributed by atoms with Gasteiger partial charge in [0.15, 0.2) is 5.69 Å². The van der Waals surface area contributed by atoms with Crippen LogP contribution in [0, 0.1) is 0 Å². The highest BCUT2D eigenvalue weighted by Gasteiger charge is 2.48. The lowest BCUT2D eigenvalue weighted by atomic mass is 10.3. The quantitative estimate of drug-likeness (QED) is 0.800. The molecule has 9 heteroatoms. The summed E-state index contributed by atoms with van der Waals surface area (Å²) >= 11 is 0.491. The van der Waals surface area contributed by atoms with Gasteiger partial charge in [0.05, 0.1) is 25.4 Å². The normalized spacial score (nSPS) is 24.7. The summed E-state index contributed by atoms with van der Waals surface area (Å²) in [5, 5.41) is -0.791. The number of aromatic nitrogens is 1. The minimum atomic E-state index is -4.57. The maximum Gasteiger partial charge on any atom is 0.443 e. The molecule has 1 aliphatic carbocycles. The number of alkyl halides is 3. The van der Waals surface area contributed by atoms with Crippen molar-refractivity contribution in [3.63, 3.8) is 0 Å². The van der Waals surface area contributed by atoms with Crippen LogP contribution in [-0.4, -0.2) is 42.9 Å². The molecule has 5 nitrogen and oxygen atoms in total. The van der Waals surface area contributed by atoms with Crippen molar-refractivity contribution in [3.05, 3.63) is 10.7 Å². The summed E-state index contributed by atoms with van der Waals surface area (Å²) in [6.45, 7) is 2.57. The van der Waals surface area contributed by atoms with E-state index in [9.17, 15) is 18.0 Å². The highest BCUT2D eigenvalue weighted by Crippen LogP contribution is 2.44. The van der Waals surface area contributed by atoms with E-state index in [4.69, 9.17) is 9.47 Å². The molecule has 1 aromatic rings. The Morgan fingerprint density at radius 3 is 3.00 bits per heavy atom. The third-order valence-corrected chi connectivity index (χ3v) is 4.48. The van der Waals surface area contributed by atoms with E-state index in [1.807, 2.05) is 0 Å². The number of morpholine rings is 1. The molecule has 0 unspecified atom stereocenters. The first-order chi connectivity index (χ1) is 9.91. The fourth-order valence-corrected chi connectivity index (χ4v) is 3.35. The molecule has 116 valence electrons. The van der Waals surface area contributed by atoms with Crippen LogP contribution in [0.3, 0.4) is 0 Å². The number of fused-ring (bicyclic) bond motifs is 1. The number of carbonyl (C=O) groups is 1. The fourth-order valence-electron chi connectivity index (χ4n) is 2.35. The van der Waals surface area contributed by atoms with Gasteiger partial charge < -0.3 is 14.4 Å². The molecule has 2 heterocycles. The van der Waals surface area contributed by atoms with E-state index in [2.05, 4.69) is 4.98 Å². The van der Waals surface area contributed by atoms with Gasteiger partial charge in [0, 0.05) is 6.54 Å². The molecule has 2 aliphatic rings. The molecule has 1 saturated heterocycles. The SMILES string of the molecule is CCOC(=O)c1nc(C(F)(F)F)sc1N1CCO[C@@H]2C[C@@H]21. The lowest BCUT2D eigenvalue weighted by Crippen LogP contribution is -2.37. The largest absolute Gasteiger partial charge is 0.461 e. The zero-order valence-corrected chi connectivity index (χ0v) is 12.0. The molecule has 0 N–H and O–H groups in total. The minimum absolute atomic E-state index is 0.0356. The molecule has 0 radical (unpaired) electrons. The number of anilines is 1. The number of carbonyl (C=O) groups excluding carboxylic acids is 1. The van der Waals surface area contributed by atoms with Gasteiger partial charge in [-0.25, -0.2) is 9.78 Å². The van der Waals surface area contributed by atoms with Crippen molar-refractivity contribution in [2.45, 2.75) is 31.7 Å². The number of halogens is 3. The summed E-state index contributed by atoms with van der Waals surface area (Å²) in [5.74, 6) is -0.817. The van der Waals surface area contributed by atoms with Crippen LogP contribution < -0.4 is 4.90 Å². The highest BCUT2D eigenvalue weighted by molar-refractivity contribution is 7.16. The van der Waals surface area contributed by atoms with E-state index in [0.717, 1.165) is 6.42 Å². The minimum Gasteiger partial charge on any atom is -0.461 e. The number of esters is 1. The maximum atomic E-state index is 12.9. The number of ether oxygens (including phenoxy) is 2. The number of thiazole rings is 1. The zero-order chi connectivity index (χ0) is 15.2. The van der Waals surface area contributed by atoms with Gasteiger partial charge in [-0.2, -0.15) is 13.2 Å². The van der Waals surface area contributed by atoms with E-state index in [1.54, 1.807) is 11.8 Å². The van der Waals surface area contributed by atoms with Crippen molar-refractivity contribution < 1.29 is 27.4 Å². The second-order valence-electron chi connectivity index (χ2n) is 4.80. The predicted molar refractivity (Wildman–Crippen MR) is 68.6 cm³/mol. The van der Waals surface area contributed by atoms with Crippen LogP contribution in [0.25, 0.3) is 0 Å². The first-order valence-electron chi connectivity index (χ1n) is 6.55. The first kappa shape index (κ1) is 14.6. The molecule has 1 aromatic heterocycles. The second-order valence-corrected chi connectivity index (χ2v) is 5.77. The highest BCUT2D eigenvalue weighted by atomic mass is 32.1. The Bertz CT molecular complexity index is 560. The van der Waals surface area contributed by atoms with Gasteiger partial charge in [-0.15, -0.1) is 0 Å².